The Morgan fingerprint density at radius 3 is 2.48 bits per heavy atom. The van der Waals surface area contributed by atoms with Crippen LogP contribution in [0.3, 0.4) is 0 Å². The zero-order chi connectivity index (χ0) is 20.8. The molecule has 0 bridgehead atoms. The largest absolute Gasteiger partial charge is 0.449 e. The molecule has 146 valence electrons. The molecule has 0 unspecified atom stereocenters. The van der Waals surface area contributed by atoms with Gasteiger partial charge in [0.2, 0.25) is 11.8 Å². The van der Waals surface area contributed by atoms with Crippen LogP contribution in [0.15, 0.2) is 52.9 Å². The normalized spacial score (nSPS) is 11.3. The first-order valence-electron chi connectivity index (χ1n) is 8.84. The molecule has 0 saturated heterocycles. The molecule has 0 aliphatic heterocycles. The van der Waals surface area contributed by atoms with Crippen molar-refractivity contribution < 1.29 is 18.7 Å². The van der Waals surface area contributed by atoms with Crippen LogP contribution >= 0.6 is 0 Å². The molecule has 1 atom stereocenters. The van der Waals surface area contributed by atoms with Gasteiger partial charge in [-0.2, -0.15) is 5.26 Å². The minimum atomic E-state index is -0.732. The zero-order valence-electron chi connectivity index (χ0n) is 15.9. The van der Waals surface area contributed by atoms with Crippen molar-refractivity contribution in [2.75, 3.05) is 5.32 Å². The number of aromatic nitrogens is 2. The van der Waals surface area contributed by atoms with Gasteiger partial charge in [-0.25, -0.2) is 4.79 Å². The van der Waals surface area contributed by atoms with Crippen molar-refractivity contribution in [2.24, 2.45) is 0 Å². The monoisotopic (exact) mass is 390 g/mol. The quantitative estimate of drug-likeness (QED) is 0.636. The lowest BCUT2D eigenvalue weighted by Crippen LogP contribution is -2.11. The van der Waals surface area contributed by atoms with Crippen molar-refractivity contribution in [3.05, 3.63) is 65.5 Å². The van der Waals surface area contributed by atoms with Crippen LogP contribution in [0.25, 0.3) is 11.5 Å². The van der Waals surface area contributed by atoms with Gasteiger partial charge < -0.3 is 14.5 Å². The topological polar surface area (TPSA) is 118 Å². The van der Waals surface area contributed by atoms with Gasteiger partial charge in [-0.05, 0) is 50.2 Å². The SMILES string of the molecule is Cc1ccc(-c2nnc([C@H](C)OC(=O)c3ccc(NC(=O)CC#N)cc3)o2)cc1. The van der Waals surface area contributed by atoms with Gasteiger partial charge in [0.15, 0.2) is 6.10 Å². The van der Waals surface area contributed by atoms with E-state index in [0.717, 1.165) is 11.1 Å². The highest BCUT2D eigenvalue weighted by molar-refractivity contribution is 5.93. The maximum absolute atomic E-state index is 12.3. The summed E-state index contributed by atoms with van der Waals surface area (Å²) in [5, 5.41) is 19.0. The lowest BCUT2D eigenvalue weighted by Gasteiger charge is -2.10. The summed E-state index contributed by atoms with van der Waals surface area (Å²) >= 11 is 0. The highest BCUT2D eigenvalue weighted by Crippen LogP contribution is 2.23. The molecular formula is C21H18N4O4. The van der Waals surface area contributed by atoms with Gasteiger partial charge in [0.05, 0.1) is 11.6 Å². The van der Waals surface area contributed by atoms with E-state index in [0.29, 0.717) is 17.1 Å². The van der Waals surface area contributed by atoms with Crippen LogP contribution < -0.4 is 5.32 Å². The molecule has 1 amide bonds. The molecule has 0 fully saturated rings. The minimum absolute atomic E-state index is 0.189. The summed E-state index contributed by atoms with van der Waals surface area (Å²) in [4.78, 5) is 23.7. The molecule has 8 heteroatoms. The van der Waals surface area contributed by atoms with Crippen LogP contribution in [0, 0.1) is 18.3 Å². The summed E-state index contributed by atoms with van der Waals surface area (Å²) in [6.45, 7) is 3.62. The first kappa shape index (κ1) is 19.8. The lowest BCUT2D eigenvalue weighted by molar-refractivity contribution is -0.115. The number of aryl methyl sites for hydroxylation is 1. The number of ether oxygens (including phenoxy) is 1. The van der Waals surface area contributed by atoms with Crippen LogP contribution in [-0.4, -0.2) is 22.1 Å². The zero-order valence-corrected chi connectivity index (χ0v) is 15.9. The Bertz CT molecular complexity index is 1050. The van der Waals surface area contributed by atoms with Crippen molar-refractivity contribution >= 4 is 17.6 Å². The number of rotatable bonds is 6. The van der Waals surface area contributed by atoms with Gasteiger partial charge in [-0.3, -0.25) is 4.79 Å². The van der Waals surface area contributed by atoms with E-state index in [1.165, 1.54) is 12.1 Å². The fourth-order valence-electron chi connectivity index (χ4n) is 2.46. The van der Waals surface area contributed by atoms with Crippen LogP contribution in [0.4, 0.5) is 5.69 Å². The van der Waals surface area contributed by atoms with Crippen LogP contribution in [0.2, 0.25) is 0 Å². The molecule has 29 heavy (non-hydrogen) atoms. The average molecular weight is 390 g/mol. The number of nitriles is 1. The number of anilines is 1. The van der Waals surface area contributed by atoms with Crippen LogP contribution in [0.5, 0.6) is 0 Å². The summed E-state index contributed by atoms with van der Waals surface area (Å²) in [5.74, 6) is -0.450. The van der Waals surface area contributed by atoms with Crippen LogP contribution in [-0.2, 0) is 9.53 Å². The number of nitrogens with one attached hydrogen (secondary N) is 1. The minimum Gasteiger partial charge on any atom is -0.449 e. The Morgan fingerprint density at radius 1 is 1.14 bits per heavy atom. The smallest absolute Gasteiger partial charge is 0.338 e. The summed E-state index contributed by atoms with van der Waals surface area (Å²) in [7, 11) is 0. The molecular weight excluding hydrogens is 372 g/mol. The van der Waals surface area contributed by atoms with Gasteiger partial charge >= 0.3 is 5.97 Å². The van der Waals surface area contributed by atoms with Crippen molar-refractivity contribution in [3.63, 3.8) is 0 Å². The number of esters is 1. The van der Waals surface area contributed by atoms with E-state index in [2.05, 4.69) is 15.5 Å². The second kappa shape index (κ2) is 8.80. The van der Waals surface area contributed by atoms with Crippen molar-refractivity contribution in [2.45, 2.75) is 26.4 Å². The summed E-state index contributed by atoms with van der Waals surface area (Å²) in [6.07, 6.45) is -0.972. The molecule has 0 aliphatic carbocycles. The predicted molar refractivity (Wildman–Crippen MR) is 104 cm³/mol. The first-order chi connectivity index (χ1) is 14.0. The lowest BCUT2D eigenvalue weighted by atomic mass is 10.1. The molecule has 1 aromatic heterocycles. The molecule has 0 saturated carbocycles. The van der Waals surface area contributed by atoms with Crippen molar-refractivity contribution in [3.8, 4) is 17.5 Å². The van der Waals surface area contributed by atoms with Gasteiger partial charge in [-0.1, -0.05) is 17.7 Å². The van der Waals surface area contributed by atoms with Gasteiger partial charge in [0.25, 0.3) is 5.89 Å². The Labute approximate surface area is 167 Å². The fraction of sp³-hybridized carbons (Fsp3) is 0.190. The number of hydrogen-bond acceptors (Lipinski definition) is 7. The van der Waals surface area contributed by atoms with E-state index >= 15 is 0 Å². The molecule has 1 N–H and O–H groups in total. The summed E-state index contributed by atoms with van der Waals surface area (Å²) in [5.41, 5.74) is 2.68. The van der Waals surface area contributed by atoms with Crippen LogP contribution in [0.1, 0.15) is 41.3 Å². The third kappa shape index (κ3) is 5.05. The van der Waals surface area contributed by atoms with E-state index in [4.69, 9.17) is 14.4 Å². The predicted octanol–water partition coefficient (Wildman–Crippen LogP) is 3.82. The fourth-order valence-corrected chi connectivity index (χ4v) is 2.46. The molecule has 3 rings (SSSR count). The molecule has 0 spiro atoms. The number of carbonyl (C=O) groups excluding carboxylic acids is 2. The Hall–Kier alpha value is -3.99. The maximum Gasteiger partial charge on any atom is 0.338 e. The average Bonchev–Trinajstić information content (AvgIpc) is 3.19. The molecule has 1 heterocycles. The van der Waals surface area contributed by atoms with E-state index in [1.54, 1.807) is 25.1 Å². The van der Waals surface area contributed by atoms with Gasteiger partial charge in [0, 0.05) is 11.3 Å². The van der Waals surface area contributed by atoms with Gasteiger partial charge in [-0.15, -0.1) is 10.2 Å². The highest BCUT2D eigenvalue weighted by atomic mass is 16.6. The summed E-state index contributed by atoms with van der Waals surface area (Å²) in [6, 6.07) is 15.5. The molecule has 0 radical (unpaired) electrons. The number of amides is 1. The molecule has 2 aromatic carbocycles. The molecule has 0 aliphatic rings. The third-order valence-corrected chi connectivity index (χ3v) is 4.01. The third-order valence-electron chi connectivity index (χ3n) is 4.01. The molecule has 8 nitrogen and oxygen atoms in total. The van der Waals surface area contributed by atoms with Crippen molar-refractivity contribution in [1.82, 2.24) is 10.2 Å². The Kier molecular flexibility index (Phi) is 6.00. The maximum atomic E-state index is 12.3. The Balaban J connectivity index is 1.62. The second-order valence-electron chi connectivity index (χ2n) is 6.32. The van der Waals surface area contributed by atoms with E-state index in [-0.39, 0.29) is 12.3 Å². The number of benzene rings is 2. The Morgan fingerprint density at radius 2 is 1.83 bits per heavy atom. The highest BCUT2D eigenvalue weighted by Gasteiger charge is 2.20. The first-order valence-corrected chi connectivity index (χ1v) is 8.84. The molecule has 3 aromatic rings. The van der Waals surface area contributed by atoms with Gasteiger partial charge in [0.1, 0.15) is 6.42 Å². The number of hydrogen-bond donors (Lipinski definition) is 1. The van der Waals surface area contributed by atoms with E-state index in [9.17, 15) is 9.59 Å². The summed E-state index contributed by atoms with van der Waals surface area (Å²) < 4.78 is 11.0. The second-order valence-corrected chi connectivity index (χ2v) is 6.32. The number of carbonyl (C=O) groups is 2. The standard InChI is InChI=1S/C21H18N4O4/c1-13-3-5-15(6-4-13)20-25-24-19(29-20)14(2)28-21(27)16-7-9-17(10-8-16)23-18(26)11-12-22/h3-10,14H,11H2,1-2H3,(H,23,26)/t14-/m0/s1. The van der Waals surface area contributed by atoms with Crippen molar-refractivity contribution in [1.29, 1.82) is 5.26 Å². The van der Waals surface area contributed by atoms with E-state index in [1.807, 2.05) is 31.2 Å². The van der Waals surface area contributed by atoms with E-state index < -0.39 is 18.0 Å². The number of nitrogens with zero attached hydrogens (tertiary/aromatic N) is 3.